The maximum absolute atomic E-state index is 11.7. The lowest BCUT2D eigenvalue weighted by atomic mass is 10.1. The number of amides is 1. The van der Waals surface area contributed by atoms with Gasteiger partial charge >= 0.3 is 5.97 Å². The number of hydrogen-bond acceptors (Lipinski definition) is 3. The molecule has 2 atom stereocenters. The van der Waals surface area contributed by atoms with Crippen LogP contribution in [0.1, 0.15) is 26.2 Å². The first kappa shape index (κ1) is 13.2. The van der Waals surface area contributed by atoms with E-state index in [9.17, 15) is 13.8 Å². The van der Waals surface area contributed by atoms with Crippen LogP contribution < -0.4 is 0 Å². The molecule has 5 nitrogen and oxygen atoms in total. The van der Waals surface area contributed by atoms with Gasteiger partial charge < -0.3 is 10.0 Å². The SMILES string of the molecule is CC(C(=O)O)S(=O)CC(=O)N1CCCCC1. The summed E-state index contributed by atoms with van der Waals surface area (Å²) in [6.07, 6.45) is 3.08. The standard InChI is InChI=1S/C10H17NO4S/c1-8(10(13)14)16(15)7-9(12)11-5-3-2-4-6-11/h8H,2-7H2,1H3,(H,13,14). The van der Waals surface area contributed by atoms with E-state index in [1.165, 1.54) is 6.92 Å². The van der Waals surface area contributed by atoms with Crippen LogP contribution in [0.4, 0.5) is 0 Å². The van der Waals surface area contributed by atoms with Crippen molar-refractivity contribution in [1.29, 1.82) is 0 Å². The van der Waals surface area contributed by atoms with Crippen molar-refractivity contribution in [2.75, 3.05) is 18.8 Å². The lowest BCUT2D eigenvalue weighted by Crippen LogP contribution is -2.40. The van der Waals surface area contributed by atoms with Gasteiger partial charge in [0.15, 0.2) is 0 Å². The highest BCUT2D eigenvalue weighted by molar-refractivity contribution is 7.87. The number of rotatable bonds is 4. The monoisotopic (exact) mass is 247 g/mol. The summed E-state index contributed by atoms with van der Waals surface area (Å²) in [5, 5.41) is 7.68. The zero-order valence-electron chi connectivity index (χ0n) is 9.35. The summed E-state index contributed by atoms with van der Waals surface area (Å²) in [4.78, 5) is 23.9. The van der Waals surface area contributed by atoms with Crippen LogP contribution in [0.15, 0.2) is 0 Å². The largest absolute Gasteiger partial charge is 0.480 e. The van der Waals surface area contributed by atoms with Gasteiger partial charge in [0, 0.05) is 23.9 Å². The summed E-state index contributed by atoms with van der Waals surface area (Å²) >= 11 is 0. The molecule has 1 aliphatic rings. The fraction of sp³-hybridized carbons (Fsp3) is 0.800. The Labute approximate surface area is 97.3 Å². The topological polar surface area (TPSA) is 74.7 Å². The third-order valence-electron chi connectivity index (χ3n) is 2.72. The molecule has 1 N–H and O–H groups in total. The Hall–Kier alpha value is -0.910. The van der Waals surface area contributed by atoms with Gasteiger partial charge in [0.05, 0.1) is 0 Å². The van der Waals surface area contributed by atoms with E-state index in [-0.39, 0.29) is 11.7 Å². The minimum absolute atomic E-state index is 0.173. The minimum atomic E-state index is -1.62. The predicted molar refractivity (Wildman–Crippen MR) is 60.5 cm³/mol. The van der Waals surface area contributed by atoms with Crippen molar-refractivity contribution in [2.45, 2.75) is 31.4 Å². The summed E-state index contributed by atoms with van der Waals surface area (Å²) in [5.74, 6) is -1.48. The number of carbonyl (C=O) groups excluding carboxylic acids is 1. The zero-order valence-corrected chi connectivity index (χ0v) is 10.2. The normalized spacial score (nSPS) is 20.2. The van der Waals surface area contributed by atoms with Crippen molar-refractivity contribution in [3.63, 3.8) is 0 Å². The van der Waals surface area contributed by atoms with Gasteiger partial charge in [0.1, 0.15) is 11.0 Å². The molecule has 1 amide bonds. The fourth-order valence-corrected chi connectivity index (χ4v) is 2.49. The number of carboxylic acid groups (broad SMARTS) is 1. The molecule has 1 rings (SSSR count). The predicted octanol–water partition coefficient (Wildman–Crippen LogP) is 0.221. The number of piperidine rings is 1. The average molecular weight is 247 g/mol. The van der Waals surface area contributed by atoms with Crippen molar-refractivity contribution in [1.82, 2.24) is 4.90 Å². The first-order chi connectivity index (χ1) is 7.52. The molecule has 0 aliphatic carbocycles. The number of aliphatic carboxylic acids is 1. The minimum Gasteiger partial charge on any atom is -0.480 e. The van der Waals surface area contributed by atoms with E-state index in [1.54, 1.807) is 4.90 Å². The molecule has 16 heavy (non-hydrogen) atoms. The van der Waals surface area contributed by atoms with Crippen molar-refractivity contribution in [3.05, 3.63) is 0 Å². The van der Waals surface area contributed by atoms with Crippen LogP contribution in [0, 0.1) is 0 Å². The number of carbonyl (C=O) groups is 2. The van der Waals surface area contributed by atoms with E-state index >= 15 is 0 Å². The maximum atomic E-state index is 11.7. The van der Waals surface area contributed by atoms with Gasteiger partial charge in [0.2, 0.25) is 5.91 Å². The average Bonchev–Trinajstić information content (AvgIpc) is 2.28. The van der Waals surface area contributed by atoms with Crippen LogP contribution in [0.2, 0.25) is 0 Å². The van der Waals surface area contributed by atoms with Crippen molar-refractivity contribution in [2.24, 2.45) is 0 Å². The van der Waals surface area contributed by atoms with Gasteiger partial charge in [0.25, 0.3) is 0 Å². The molecule has 6 heteroatoms. The van der Waals surface area contributed by atoms with Gasteiger partial charge in [-0.3, -0.25) is 13.8 Å². The smallest absolute Gasteiger partial charge is 0.318 e. The molecule has 0 saturated carbocycles. The van der Waals surface area contributed by atoms with E-state index in [2.05, 4.69) is 0 Å². The van der Waals surface area contributed by atoms with E-state index in [0.717, 1.165) is 19.3 Å². The quantitative estimate of drug-likeness (QED) is 0.771. The number of hydrogen-bond donors (Lipinski definition) is 1. The molecule has 1 heterocycles. The van der Waals surface area contributed by atoms with Crippen LogP contribution >= 0.6 is 0 Å². The Bertz CT molecular complexity index is 299. The first-order valence-electron chi connectivity index (χ1n) is 5.40. The molecular weight excluding hydrogens is 230 g/mol. The summed E-state index contributed by atoms with van der Waals surface area (Å²) < 4.78 is 11.5. The maximum Gasteiger partial charge on any atom is 0.318 e. The van der Waals surface area contributed by atoms with Crippen molar-refractivity contribution < 1.29 is 18.9 Å². The van der Waals surface area contributed by atoms with Gasteiger partial charge in [-0.25, -0.2) is 0 Å². The van der Waals surface area contributed by atoms with Crippen LogP contribution in [0.5, 0.6) is 0 Å². The van der Waals surface area contributed by atoms with Crippen LogP contribution in [-0.2, 0) is 20.4 Å². The highest BCUT2D eigenvalue weighted by Gasteiger charge is 2.24. The van der Waals surface area contributed by atoms with Gasteiger partial charge in [-0.1, -0.05) is 0 Å². The molecular formula is C10H17NO4S. The van der Waals surface area contributed by atoms with Crippen LogP contribution in [-0.4, -0.2) is 50.2 Å². The lowest BCUT2D eigenvalue weighted by Gasteiger charge is -2.26. The van der Waals surface area contributed by atoms with Crippen LogP contribution in [0.3, 0.4) is 0 Å². The third-order valence-corrected chi connectivity index (χ3v) is 4.24. The second kappa shape index (κ2) is 5.98. The first-order valence-corrected chi connectivity index (χ1v) is 6.78. The van der Waals surface area contributed by atoms with Gasteiger partial charge in [-0.2, -0.15) is 0 Å². The summed E-state index contributed by atoms with van der Waals surface area (Å²) in [6.45, 7) is 2.77. The highest BCUT2D eigenvalue weighted by Crippen LogP contribution is 2.09. The van der Waals surface area contributed by atoms with Crippen molar-refractivity contribution in [3.8, 4) is 0 Å². The molecule has 0 bridgehead atoms. The molecule has 1 saturated heterocycles. The number of carboxylic acids is 1. The van der Waals surface area contributed by atoms with E-state index in [0.29, 0.717) is 13.1 Å². The molecule has 0 aromatic carbocycles. The Kier molecular flexibility index (Phi) is 4.92. The summed E-state index contributed by atoms with van der Waals surface area (Å²) in [6, 6.07) is 0. The van der Waals surface area contributed by atoms with E-state index in [4.69, 9.17) is 5.11 Å². The highest BCUT2D eigenvalue weighted by atomic mass is 32.2. The number of nitrogens with zero attached hydrogens (tertiary/aromatic N) is 1. The Morgan fingerprint density at radius 2 is 1.88 bits per heavy atom. The molecule has 2 unspecified atom stereocenters. The van der Waals surface area contributed by atoms with Gasteiger partial charge in [-0.05, 0) is 26.2 Å². The number of likely N-dealkylation sites (tertiary alicyclic amines) is 1. The molecule has 0 aromatic rings. The summed E-state index contributed by atoms with van der Waals surface area (Å²) in [5.41, 5.74) is 0. The Morgan fingerprint density at radius 3 is 2.38 bits per heavy atom. The van der Waals surface area contributed by atoms with E-state index < -0.39 is 22.0 Å². The Balaban J connectivity index is 2.44. The fourth-order valence-electron chi connectivity index (χ4n) is 1.59. The van der Waals surface area contributed by atoms with Crippen molar-refractivity contribution >= 4 is 22.7 Å². The van der Waals surface area contributed by atoms with Crippen LogP contribution in [0.25, 0.3) is 0 Å². The molecule has 1 fully saturated rings. The second-order valence-corrected chi connectivity index (χ2v) is 5.70. The molecule has 0 spiro atoms. The molecule has 0 radical (unpaired) electrons. The van der Waals surface area contributed by atoms with Gasteiger partial charge in [-0.15, -0.1) is 0 Å². The Morgan fingerprint density at radius 1 is 1.31 bits per heavy atom. The molecule has 1 aliphatic heterocycles. The second-order valence-electron chi connectivity index (χ2n) is 3.95. The summed E-state index contributed by atoms with van der Waals surface area (Å²) in [7, 11) is -1.62. The van der Waals surface area contributed by atoms with E-state index in [1.807, 2.05) is 0 Å². The molecule has 92 valence electrons. The molecule has 0 aromatic heterocycles. The lowest BCUT2D eigenvalue weighted by molar-refractivity contribution is -0.136. The third kappa shape index (κ3) is 3.59. The zero-order chi connectivity index (χ0) is 12.1.